The number of nitrogens with one attached hydrogen (secondary N) is 1. The highest BCUT2D eigenvalue weighted by Crippen LogP contribution is 2.25. The second-order valence-corrected chi connectivity index (χ2v) is 7.47. The van der Waals surface area contributed by atoms with Gasteiger partial charge in [0.15, 0.2) is 5.43 Å². The van der Waals surface area contributed by atoms with Gasteiger partial charge in [-0.3, -0.25) is 4.79 Å². The van der Waals surface area contributed by atoms with Crippen molar-refractivity contribution in [3.8, 4) is 22.7 Å². The Hall–Kier alpha value is -3.86. The van der Waals surface area contributed by atoms with E-state index in [1.54, 1.807) is 18.3 Å². The van der Waals surface area contributed by atoms with Crippen LogP contribution in [-0.2, 0) is 4.74 Å². The Balaban J connectivity index is 1.41. The molecule has 1 aliphatic heterocycles. The predicted octanol–water partition coefficient (Wildman–Crippen LogP) is 3.51. The molecule has 0 spiro atoms. The molecule has 2 aromatic heterocycles. The van der Waals surface area contributed by atoms with Crippen LogP contribution in [0.5, 0.6) is 5.75 Å². The molecule has 0 atom stereocenters. The number of pyridine rings is 1. The summed E-state index contributed by atoms with van der Waals surface area (Å²) in [5.74, 6) is 0.434. The Bertz CT molecular complexity index is 1340. The highest BCUT2D eigenvalue weighted by molar-refractivity contribution is 5.85. The van der Waals surface area contributed by atoms with Gasteiger partial charge in [0.25, 0.3) is 0 Å². The molecular weight excluding hydrogens is 439 g/mol. The Morgan fingerprint density at radius 3 is 2.52 bits per heavy atom. The number of ether oxygens (including phenoxy) is 2. The number of benzene rings is 2. The van der Waals surface area contributed by atoms with Crippen molar-refractivity contribution in [1.82, 2.24) is 20.0 Å². The van der Waals surface area contributed by atoms with Gasteiger partial charge >= 0.3 is 6.36 Å². The van der Waals surface area contributed by atoms with Crippen molar-refractivity contribution in [2.45, 2.75) is 6.36 Å². The van der Waals surface area contributed by atoms with E-state index in [0.717, 1.165) is 5.82 Å². The Morgan fingerprint density at radius 2 is 1.79 bits per heavy atom. The maximum atomic E-state index is 12.8. The van der Waals surface area contributed by atoms with E-state index in [2.05, 4.69) is 24.9 Å². The molecule has 1 saturated heterocycles. The van der Waals surface area contributed by atoms with E-state index in [1.165, 1.54) is 28.9 Å². The van der Waals surface area contributed by atoms with Gasteiger partial charge in [-0.1, -0.05) is 11.3 Å². The topological polar surface area (TPSA) is 85.3 Å². The minimum Gasteiger partial charge on any atom is -0.406 e. The number of fused-ring (bicyclic) bond motifs is 1. The van der Waals surface area contributed by atoms with Gasteiger partial charge in [-0.25, -0.2) is 4.68 Å². The van der Waals surface area contributed by atoms with Gasteiger partial charge in [-0.15, -0.1) is 18.3 Å². The maximum absolute atomic E-state index is 12.8. The van der Waals surface area contributed by atoms with E-state index in [4.69, 9.17) is 4.74 Å². The zero-order chi connectivity index (χ0) is 23.0. The van der Waals surface area contributed by atoms with Crippen molar-refractivity contribution in [3.63, 3.8) is 0 Å². The van der Waals surface area contributed by atoms with E-state index < -0.39 is 6.36 Å². The number of morpholine rings is 1. The number of hydrogen-bond donors (Lipinski definition) is 1. The summed E-state index contributed by atoms with van der Waals surface area (Å²) in [5.41, 5.74) is 2.32. The van der Waals surface area contributed by atoms with E-state index in [9.17, 15) is 18.0 Å². The number of nitrogens with zero attached hydrogens (tertiary/aromatic N) is 4. The zero-order valence-corrected chi connectivity index (χ0v) is 17.2. The quantitative estimate of drug-likeness (QED) is 0.505. The summed E-state index contributed by atoms with van der Waals surface area (Å²) in [6.07, 6.45) is -3.12. The van der Waals surface area contributed by atoms with Crippen molar-refractivity contribution in [2.24, 2.45) is 0 Å². The third-order valence-electron chi connectivity index (χ3n) is 5.29. The average Bonchev–Trinajstić information content (AvgIpc) is 3.29. The normalized spacial score (nSPS) is 14.6. The summed E-state index contributed by atoms with van der Waals surface area (Å²) in [6, 6.07) is 12.3. The standard InChI is InChI=1S/C22H18F3N5O3/c23-22(24,25)33-16-4-2-15(3-5-16)30-13-19(27-28-30)14-1-6-18-17(11-14)20(31)12-21(26-18)29-7-9-32-10-8-29/h1-6,11-13H,7-10H2,(H,26,31). The summed E-state index contributed by atoms with van der Waals surface area (Å²) in [6.45, 7) is 2.66. The average molecular weight is 457 g/mol. The highest BCUT2D eigenvalue weighted by atomic mass is 19.4. The number of hydrogen-bond acceptors (Lipinski definition) is 6. The molecule has 11 heteroatoms. The number of aromatic amines is 1. The molecule has 3 heterocycles. The number of rotatable bonds is 4. The molecule has 0 unspecified atom stereocenters. The summed E-state index contributed by atoms with van der Waals surface area (Å²) >= 11 is 0. The van der Waals surface area contributed by atoms with Gasteiger partial charge in [-0.2, -0.15) is 0 Å². The lowest BCUT2D eigenvalue weighted by Crippen LogP contribution is -2.37. The van der Waals surface area contributed by atoms with Crippen LogP contribution < -0.4 is 15.1 Å². The molecule has 170 valence electrons. The summed E-state index contributed by atoms with van der Waals surface area (Å²) in [4.78, 5) is 18.2. The highest BCUT2D eigenvalue weighted by Gasteiger charge is 2.31. The first-order valence-electron chi connectivity index (χ1n) is 10.1. The molecule has 8 nitrogen and oxygen atoms in total. The number of H-pyrrole nitrogens is 1. The largest absolute Gasteiger partial charge is 0.573 e. The molecule has 0 aliphatic carbocycles. The third kappa shape index (κ3) is 4.53. The number of alkyl halides is 3. The van der Waals surface area contributed by atoms with Crippen molar-refractivity contribution in [3.05, 3.63) is 65.0 Å². The first-order valence-corrected chi connectivity index (χ1v) is 10.1. The third-order valence-corrected chi connectivity index (χ3v) is 5.29. The molecular formula is C22H18F3N5O3. The number of halogens is 3. The molecule has 0 amide bonds. The van der Waals surface area contributed by atoms with Crippen molar-refractivity contribution < 1.29 is 22.6 Å². The SMILES string of the molecule is O=c1cc(N2CCOCC2)[nH]c2ccc(-c3cn(-c4ccc(OC(F)(F)F)cc4)nn3)cc12. The van der Waals surface area contributed by atoms with Crippen molar-refractivity contribution >= 4 is 16.7 Å². The van der Waals surface area contributed by atoms with E-state index >= 15 is 0 Å². The molecule has 4 aromatic rings. The predicted molar refractivity (Wildman–Crippen MR) is 115 cm³/mol. The van der Waals surface area contributed by atoms with Crippen LogP contribution in [0.3, 0.4) is 0 Å². The van der Waals surface area contributed by atoms with Crippen LogP contribution in [0.1, 0.15) is 0 Å². The Morgan fingerprint density at radius 1 is 1.03 bits per heavy atom. The molecule has 0 saturated carbocycles. The smallest absolute Gasteiger partial charge is 0.406 e. The first-order chi connectivity index (χ1) is 15.9. The zero-order valence-electron chi connectivity index (χ0n) is 17.2. The summed E-state index contributed by atoms with van der Waals surface area (Å²) < 4.78 is 47.7. The lowest BCUT2D eigenvalue weighted by Gasteiger charge is -2.28. The second-order valence-electron chi connectivity index (χ2n) is 7.47. The van der Waals surface area contributed by atoms with E-state index in [0.29, 0.717) is 54.2 Å². The number of aromatic nitrogens is 4. The minimum absolute atomic E-state index is 0.111. The van der Waals surface area contributed by atoms with Gasteiger partial charge in [0.05, 0.1) is 30.6 Å². The van der Waals surface area contributed by atoms with Crippen LogP contribution in [-0.4, -0.2) is 52.6 Å². The molecule has 33 heavy (non-hydrogen) atoms. The lowest BCUT2D eigenvalue weighted by atomic mass is 10.1. The number of anilines is 1. The van der Waals surface area contributed by atoms with E-state index in [-0.39, 0.29) is 11.2 Å². The van der Waals surface area contributed by atoms with Crippen molar-refractivity contribution in [1.29, 1.82) is 0 Å². The van der Waals surface area contributed by atoms with Gasteiger partial charge in [-0.05, 0) is 36.4 Å². The van der Waals surface area contributed by atoms with Crippen LogP contribution in [0, 0.1) is 0 Å². The lowest BCUT2D eigenvalue weighted by molar-refractivity contribution is -0.274. The molecule has 0 radical (unpaired) electrons. The fraction of sp³-hybridized carbons (Fsp3) is 0.227. The van der Waals surface area contributed by atoms with Crippen LogP contribution in [0.25, 0.3) is 27.8 Å². The molecule has 1 N–H and O–H groups in total. The Kier molecular flexibility index (Phi) is 5.25. The van der Waals surface area contributed by atoms with E-state index in [1.807, 2.05) is 12.1 Å². The van der Waals surface area contributed by atoms with Gasteiger partial charge in [0.2, 0.25) is 0 Å². The monoisotopic (exact) mass is 457 g/mol. The first kappa shape index (κ1) is 21.0. The van der Waals surface area contributed by atoms with Crippen molar-refractivity contribution in [2.75, 3.05) is 31.2 Å². The van der Waals surface area contributed by atoms with Crippen LogP contribution in [0.15, 0.2) is 59.5 Å². The fourth-order valence-electron chi connectivity index (χ4n) is 3.69. The summed E-state index contributed by atoms with van der Waals surface area (Å²) in [5, 5.41) is 8.70. The molecule has 2 aromatic carbocycles. The molecule has 1 aliphatic rings. The summed E-state index contributed by atoms with van der Waals surface area (Å²) in [7, 11) is 0. The molecule has 0 bridgehead atoms. The molecule has 1 fully saturated rings. The fourth-order valence-corrected chi connectivity index (χ4v) is 3.69. The van der Waals surface area contributed by atoms with Crippen LogP contribution in [0.2, 0.25) is 0 Å². The minimum atomic E-state index is -4.75. The Labute approximate surface area is 185 Å². The second kappa shape index (κ2) is 8.24. The van der Waals surface area contributed by atoms with Crippen LogP contribution >= 0.6 is 0 Å². The van der Waals surface area contributed by atoms with Crippen LogP contribution in [0.4, 0.5) is 19.0 Å². The van der Waals surface area contributed by atoms with Gasteiger partial charge in [0.1, 0.15) is 17.3 Å². The van der Waals surface area contributed by atoms with Gasteiger partial charge in [0, 0.05) is 30.1 Å². The van der Waals surface area contributed by atoms with Gasteiger partial charge < -0.3 is 19.4 Å². The molecule has 5 rings (SSSR count). The maximum Gasteiger partial charge on any atom is 0.573 e.